The van der Waals surface area contributed by atoms with Crippen LogP contribution in [0.2, 0.25) is 0 Å². The summed E-state index contributed by atoms with van der Waals surface area (Å²) in [5.74, 6) is -0.156. The summed E-state index contributed by atoms with van der Waals surface area (Å²) in [5.41, 5.74) is 2.14. The molecule has 0 saturated carbocycles. The number of aryl methyl sites for hydroxylation is 1. The highest BCUT2D eigenvalue weighted by atomic mass is 19.1. The molecule has 0 bridgehead atoms. The predicted octanol–water partition coefficient (Wildman–Crippen LogP) is 3.02. The number of amides is 1. The van der Waals surface area contributed by atoms with E-state index in [0.29, 0.717) is 12.3 Å². The van der Waals surface area contributed by atoms with Gasteiger partial charge in [-0.25, -0.2) is 4.39 Å². The molecule has 5 heteroatoms. The van der Waals surface area contributed by atoms with Crippen LogP contribution in [0.4, 0.5) is 4.39 Å². The van der Waals surface area contributed by atoms with E-state index in [4.69, 9.17) is 9.47 Å². The van der Waals surface area contributed by atoms with Gasteiger partial charge in [-0.1, -0.05) is 24.3 Å². The molecular formula is C18H20FNO3. The van der Waals surface area contributed by atoms with Gasteiger partial charge in [0.1, 0.15) is 11.6 Å². The number of hydrogen-bond donors (Lipinski definition) is 1. The highest BCUT2D eigenvalue weighted by Gasteiger charge is 2.14. The van der Waals surface area contributed by atoms with E-state index in [0.717, 1.165) is 11.1 Å². The lowest BCUT2D eigenvalue weighted by molar-refractivity contribution is -0.123. The SMILES string of the molecule is COC(CNC(=O)COc1ccc(F)cc1)c1ccccc1C. The van der Waals surface area contributed by atoms with Gasteiger partial charge in [0.15, 0.2) is 6.61 Å². The Morgan fingerprint density at radius 1 is 1.17 bits per heavy atom. The van der Waals surface area contributed by atoms with E-state index in [-0.39, 0.29) is 24.4 Å². The fourth-order valence-electron chi connectivity index (χ4n) is 2.21. The Labute approximate surface area is 135 Å². The van der Waals surface area contributed by atoms with Crippen LogP contribution in [-0.2, 0) is 9.53 Å². The minimum Gasteiger partial charge on any atom is -0.484 e. The third-order valence-electron chi connectivity index (χ3n) is 3.49. The summed E-state index contributed by atoms with van der Waals surface area (Å²) in [6.07, 6.45) is -0.217. The lowest BCUT2D eigenvalue weighted by atomic mass is 10.0. The fraction of sp³-hybridized carbons (Fsp3) is 0.278. The molecule has 2 rings (SSSR count). The summed E-state index contributed by atoms with van der Waals surface area (Å²) in [5, 5.41) is 2.78. The third kappa shape index (κ3) is 5.07. The molecule has 0 aliphatic carbocycles. The molecule has 0 fully saturated rings. The van der Waals surface area contributed by atoms with E-state index in [2.05, 4.69) is 5.32 Å². The predicted molar refractivity (Wildman–Crippen MR) is 85.8 cm³/mol. The van der Waals surface area contributed by atoms with Gasteiger partial charge in [-0.2, -0.15) is 0 Å². The maximum Gasteiger partial charge on any atom is 0.258 e. The first-order chi connectivity index (χ1) is 11.1. The normalized spacial score (nSPS) is 11.8. The van der Waals surface area contributed by atoms with Crippen molar-refractivity contribution in [3.8, 4) is 5.75 Å². The number of carbonyl (C=O) groups excluding carboxylic acids is 1. The molecule has 122 valence electrons. The molecule has 0 radical (unpaired) electrons. The number of halogens is 1. The van der Waals surface area contributed by atoms with Crippen molar-refractivity contribution in [1.82, 2.24) is 5.32 Å². The van der Waals surface area contributed by atoms with Crippen LogP contribution in [0.5, 0.6) is 5.75 Å². The van der Waals surface area contributed by atoms with Crippen molar-refractivity contribution in [2.75, 3.05) is 20.3 Å². The number of methoxy groups -OCH3 is 1. The van der Waals surface area contributed by atoms with Crippen molar-refractivity contribution < 1.29 is 18.7 Å². The summed E-state index contributed by atoms with van der Waals surface area (Å²) < 4.78 is 23.5. The van der Waals surface area contributed by atoms with Gasteiger partial charge in [-0.3, -0.25) is 4.79 Å². The van der Waals surface area contributed by atoms with Gasteiger partial charge < -0.3 is 14.8 Å². The van der Waals surface area contributed by atoms with Crippen LogP contribution >= 0.6 is 0 Å². The van der Waals surface area contributed by atoms with Crippen molar-refractivity contribution in [2.45, 2.75) is 13.0 Å². The van der Waals surface area contributed by atoms with Crippen LogP contribution < -0.4 is 10.1 Å². The van der Waals surface area contributed by atoms with Crippen molar-refractivity contribution in [3.05, 3.63) is 65.5 Å². The zero-order chi connectivity index (χ0) is 16.7. The first-order valence-electron chi connectivity index (χ1n) is 7.33. The highest BCUT2D eigenvalue weighted by molar-refractivity contribution is 5.77. The third-order valence-corrected chi connectivity index (χ3v) is 3.49. The van der Waals surface area contributed by atoms with Crippen LogP contribution in [0.3, 0.4) is 0 Å². The average molecular weight is 317 g/mol. The maximum absolute atomic E-state index is 12.8. The van der Waals surface area contributed by atoms with Gasteiger partial charge in [0.25, 0.3) is 5.91 Å². The Kier molecular flexibility index (Phi) is 6.11. The summed E-state index contributed by atoms with van der Waals surface area (Å²) in [4.78, 5) is 11.9. The van der Waals surface area contributed by atoms with E-state index in [1.807, 2.05) is 31.2 Å². The molecule has 1 unspecified atom stereocenters. The van der Waals surface area contributed by atoms with Gasteiger partial charge >= 0.3 is 0 Å². The minimum atomic E-state index is -0.344. The van der Waals surface area contributed by atoms with Crippen LogP contribution in [0.15, 0.2) is 48.5 Å². The Bertz CT molecular complexity index is 643. The summed E-state index contributed by atoms with van der Waals surface area (Å²) >= 11 is 0. The van der Waals surface area contributed by atoms with E-state index in [9.17, 15) is 9.18 Å². The topological polar surface area (TPSA) is 47.6 Å². The second kappa shape index (κ2) is 8.29. The molecule has 1 atom stereocenters. The number of nitrogens with one attached hydrogen (secondary N) is 1. The Morgan fingerprint density at radius 2 is 1.87 bits per heavy atom. The van der Waals surface area contributed by atoms with Gasteiger partial charge in [0.05, 0.1) is 6.10 Å². The highest BCUT2D eigenvalue weighted by Crippen LogP contribution is 2.19. The van der Waals surface area contributed by atoms with E-state index in [1.165, 1.54) is 24.3 Å². The molecule has 1 N–H and O–H groups in total. The number of rotatable bonds is 7. The lowest BCUT2D eigenvalue weighted by Gasteiger charge is -2.18. The Balaban J connectivity index is 1.83. The first kappa shape index (κ1) is 17.0. The number of ether oxygens (including phenoxy) is 2. The summed E-state index contributed by atoms with van der Waals surface area (Å²) in [6.45, 7) is 2.23. The van der Waals surface area contributed by atoms with Gasteiger partial charge in [-0.05, 0) is 42.3 Å². The molecule has 0 heterocycles. The van der Waals surface area contributed by atoms with Crippen LogP contribution in [0.25, 0.3) is 0 Å². The van der Waals surface area contributed by atoms with E-state index >= 15 is 0 Å². The molecule has 23 heavy (non-hydrogen) atoms. The van der Waals surface area contributed by atoms with Crippen LogP contribution in [0, 0.1) is 12.7 Å². The smallest absolute Gasteiger partial charge is 0.258 e. The van der Waals surface area contributed by atoms with Gasteiger partial charge in [0, 0.05) is 13.7 Å². The van der Waals surface area contributed by atoms with Crippen LogP contribution in [-0.4, -0.2) is 26.2 Å². The summed E-state index contributed by atoms with van der Waals surface area (Å²) in [6, 6.07) is 13.4. The number of hydrogen-bond acceptors (Lipinski definition) is 3. The van der Waals surface area contributed by atoms with E-state index in [1.54, 1.807) is 7.11 Å². The molecule has 0 saturated heterocycles. The second-order valence-corrected chi connectivity index (χ2v) is 5.13. The zero-order valence-electron chi connectivity index (χ0n) is 13.2. The lowest BCUT2D eigenvalue weighted by Crippen LogP contribution is -2.33. The molecule has 0 aliphatic heterocycles. The minimum absolute atomic E-state index is 0.129. The summed E-state index contributed by atoms with van der Waals surface area (Å²) in [7, 11) is 1.61. The van der Waals surface area contributed by atoms with Gasteiger partial charge in [0.2, 0.25) is 0 Å². The van der Waals surface area contributed by atoms with Crippen molar-refractivity contribution in [1.29, 1.82) is 0 Å². The number of carbonyl (C=O) groups is 1. The van der Waals surface area contributed by atoms with Crippen molar-refractivity contribution >= 4 is 5.91 Å². The molecule has 2 aromatic rings. The first-order valence-corrected chi connectivity index (χ1v) is 7.33. The van der Waals surface area contributed by atoms with E-state index < -0.39 is 0 Å². The average Bonchev–Trinajstić information content (AvgIpc) is 2.56. The molecule has 1 amide bonds. The van der Waals surface area contributed by atoms with Gasteiger partial charge in [-0.15, -0.1) is 0 Å². The fourth-order valence-corrected chi connectivity index (χ4v) is 2.21. The monoisotopic (exact) mass is 317 g/mol. The number of benzene rings is 2. The standard InChI is InChI=1S/C18H20FNO3/c1-13-5-3-4-6-16(13)17(22-2)11-20-18(21)12-23-15-9-7-14(19)8-10-15/h3-10,17H,11-12H2,1-2H3,(H,20,21). The molecular weight excluding hydrogens is 297 g/mol. The Morgan fingerprint density at radius 3 is 2.52 bits per heavy atom. The zero-order valence-corrected chi connectivity index (χ0v) is 13.2. The molecule has 0 aliphatic rings. The molecule has 0 spiro atoms. The quantitative estimate of drug-likeness (QED) is 0.854. The largest absolute Gasteiger partial charge is 0.484 e. The molecule has 2 aromatic carbocycles. The maximum atomic E-state index is 12.8. The molecule has 0 aromatic heterocycles. The Hall–Kier alpha value is -2.40. The van der Waals surface area contributed by atoms with Crippen molar-refractivity contribution in [2.24, 2.45) is 0 Å². The van der Waals surface area contributed by atoms with Crippen LogP contribution in [0.1, 0.15) is 17.2 Å². The van der Waals surface area contributed by atoms with Crippen molar-refractivity contribution in [3.63, 3.8) is 0 Å². The second-order valence-electron chi connectivity index (χ2n) is 5.13. The molecule has 4 nitrogen and oxygen atoms in total.